The van der Waals surface area contributed by atoms with Crippen LogP contribution in [0.15, 0.2) is 29.4 Å². The van der Waals surface area contributed by atoms with E-state index in [9.17, 15) is 8.42 Å². The molecule has 2 aliphatic rings. The molecule has 0 unspecified atom stereocenters. The first-order valence-electron chi connectivity index (χ1n) is 8.00. The minimum Gasteiger partial charge on any atom is -0.326 e. The number of aromatic nitrogens is 2. The molecule has 0 atom stereocenters. The molecule has 6 nitrogen and oxygen atoms in total. The maximum absolute atomic E-state index is 13.2. The predicted molar refractivity (Wildman–Crippen MR) is 95.0 cm³/mol. The molecule has 0 fully saturated rings. The van der Waals surface area contributed by atoms with Crippen molar-refractivity contribution in [2.75, 3.05) is 10.8 Å². The lowest BCUT2D eigenvalue weighted by Crippen LogP contribution is -2.36. The van der Waals surface area contributed by atoms with E-state index in [1.165, 1.54) is 10.5 Å². The topological polar surface area (TPSA) is 81.2 Å². The summed E-state index contributed by atoms with van der Waals surface area (Å²) >= 11 is 0. The molecule has 0 radical (unpaired) electrons. The van der Waals surface area contributed by atoms with E-state index in [2.05, 4.69) is 4.98 Å². The van der Waals surface area contributed by atoms with Gasteiger partial charge in [0, 0.05) is 26.1 Å². The van der Waals surface area contributed by atoms with Crippen LogP contribution in [0.1, 0.15) is 29.8 Å². The van der Waals surface area contributed by atoms with Crippen molar-refractivity contribution in [2.45, 2.75) is 43.8 Å². The Kier molecular flexibility index (Phi) is 4.59. The quantitative estimate of drug-likeness (QED) is 0.896. The first kappa shape index (κ1) is 17.3. The average molecular weight is 369 g/mol. The molecule has 2 aromatic rings. The second kappa shape index (κ2) is 6.38. The monoisotopic (exact) mass is 368 g/mol. The number of hydrogen-bond donors (Lipinski definition) is 1. The van der Waals surface area contributed by atoms with Gasteiger partial charge in [-0.25, -0.2) is 4.98 Å². The highest BCUT2D eigenvalue weighted by Crippen LogP contribution is 2.33. The van der Waals surface area contributed by atoms with E-state index < -0.39 is 10.0 Å². The highest BCUT2D eigenvalue weighted by atomic mass is 35.5. The van der Waals surface area contributed by atoms with E-state index >= 15 is 0 Å². The zero-order chi connectivity index (χ0) is 16.0. The van der Waals surface area contributed by atoms with Crippen LogP contribution >= 0.6 is 12.4 Å². The number of sulfonamides is 1. The van der Waals surface area contributed by atoms with Crippen LogP contribution in [0.5, 0.6) is 0 Å². The molecule has 0 bridgehead atoms. The highest BCUT2D eigenvalue weighted by Gasteiger charge is 2.33. The van der Waals surface area contributed by atoms with E-state index in [4.69, 9.17) is 5.73 Å². The summed E-state index contributed by atoms with van der Waals surface area (Å²) in [5.41, 5.74) is 8.57. The van der Waals surface area contributed by atoms with Gasteiger partial charge in [-0.1, -0.05) is 12.1 Å². The first-order valence-corrected chi connectivity index (χ1v) is 9.44. The number of rotatable bonds is 3. The highest BCUT2D eigenvalue weighted by molar-refractivity contribution is 7.92. The SMILES string of the molecule is Cl.NCc1ccc2c(c1)CCCN2S(=O)(=O)c1cnc2n1CCC2. The number of hydrogen-bond acceptors (Lipinski definition) is 4. The van der Waals surface area contributed by atoms with Gasteiger partial charge >= 0.3 is 0 Å². The van der Waals surface area contributed by atoms with Crippen LogP contribution in [-0.4, -0.2) is 24.5 Å². The first-order chi connectivity index (χ1) is 11.1. The summed E-state index contributed by atoms with van der Waals surface area (Å²) in [7, 11) is -3.57. The summed E-state index contributed by atoms with van der Waals surface area (Å²) in [6.07, 6.45) is 5.03. The van der Waals surface area contributed by atoms with Gasteiger partial charge in [0.2, 0.25) is 0 Å². The number of anilines is 1. The number of nitrogens with zero attached hydrogens (tertiary/aromatic N) is 3. The van der Waals surface area contributed by atoms with Crippen LogP contribution in [0.25, 0.3) is 0 Å². The number of halogens is 1. The lowest BCUT2D eigenvalue weighted by molar-refractivity contribution is 0.569. The van der Waals surface area contributed by atoms with E-state index in [1.807, 2.05) is 22.8 Å². The van der Waals surface area contributed by atoms with Crippen molar-refractivity contribution in [3.05, 3.63) is 41.3 Å². The fourth-order valence-electron chi connectivity index (χ4n) is 3.54. The molecule has 0 amide bonds. The van der Waals surface area contributed by atoms with Crippen molar-refractivity contribution >= 4 is 28.1 Å². The third-order valence-electron chi connectivity index (χ3n) is 4.69. The van der Waals surface area contributed by atoms with Crippen molar-refractivity contribution < 1.29 is 8.42 Å². The normalized spacial score (nSPS) is 16.5. The molecule has 8 heteroatoms. The van der Waals surface area contributed by atoms with Gasteiger partial charge in [-0.3, -0.25) is 4.31 Å². The molecular weight excluding hydrogens is 348 g/mol. The third kappa shape index (κ3) is 2.60. The van der Waals surface area contributed by atoms with Crippen LogP contribution < -0.4 is 10.0 Å². The van der Waals surface area contributed by atoms with Crippen molar-refractivity contribution in [3.8, 4) is 0 Å². The van der Waals surface area contributed by atoms with Crippen molar-refractivity contribution in [1.29, 1.82) is 0 Å². The van der Waals surface area contributed by atoms with Gasteiger partial charge in [0.05, 0.1) is 11.9 Å². The molecular formula is C16H21ClN4O2S. The Labute approximate surface area is 148 Å². The van der Waals surface area contributed by atoms with Crippen molar-refractivity contribution in [1.82, 2.24) is 9.55 Å². The number of fused-ring (bicyclic) bond motifs is 2. The summed E-state index contributed by atoms with van der Waals surface area (Å²) in [6, 6.07) is 5.82. The summed E-state index contributed by atoms with van der Waals surface area (Å²) < 4.78 is 29.7. The van der Waals surface area contributed by atoms with E-state index in [-0.39, 0.29) is 12.4 Å². The Morgan fingerprint density at radius 1 is 1.17 bits per heavy atom. The zero-order valence-electron chi connectivity index (χ0n) is 13.3. The molecule has 2 aliphatic heterocycles. The van der Waals surface area contributed by atoms with E-state index in [0.717, 1.165) is 54.9 Å². The molecule has 24 heavy (non-hydrogen) atoms. The van der Waals surface area contributed by atoms with Crippen LogP contribution in [0, 0.1) is 0 Å². The van der Waals surface area contributed by atoms with Gasteiger partial charge in [-0.2, -0.15) is 8.42 Å². The molecule has 1 aromatic carbocycles. The minimum atomic E-state index is -3.57. The summed E-state index contributed by atoms with van der Waals surface area (Å²) in [5, 5.41) is 0.320. The van der Waals surface area contributed by atoms with E-state index in [1.54, 1.807) is 0 Å². The van der Waals surface area contributed by atoms with Gasteiger partial charge in [0.15, 0.2) is 5.03 Å². The van der Waals surface area contributed by atoms with Gasteiger partial charge in [-0.05, 0) is 36.5 Å². The zero-order valence-corrected chi connectivity index (χ0v) is 14.9. The third-order valence-corrected chi connectivity index (χ3v) is 6.51. The van der Waals surface area contributed by atoms with Gasteiger partial charge < -0.3 is 10.3 Å². The Hall–Kier alpha value is -1.57. The number of aryl methyl sites for hydroxylation is 2. The molecule has 3 heterocycles. The molecule has 0 saturated carbocycles. The number of benzene rings is 1. The second-order valence-electron chi connectivity index (χ2n) is 6.12. The molecule has 2 N–H and O–H groups in total. The smallest absolute Gasteiger partial charge is 0.281 e. The molecule has 0 spiro atoms. The van der Waals surface area contributed by atoms with Crippen LogP contribution in [0.3, 0.4) is 0 Å². The van der Waals surface area contributed by atoms with E-state index in [0.29, 0.717) is 18.1 Å². The Balaban J connectivity index is 0.00000169. The Morgan fingerprint density at radius 3 is 2.75 bits per heavy atom. The fourth-order valence-corrected chi connectivity index (χ4v) is 5.24. The maximum atomic E-state index is 13.2. The maximum Gasteiger partial charge on any atom is 0.281 e. The average Bonchev–Trinajstić information content (AvgIpc) is 3.16. The summed E-state index contributed by atoms with van der Waals surface area (Å²) in [4.78, 5) is 4.28. The van der Waals surface area contributed by atoms with Gasteiger partial charge in [-0.15, -0.1) is 12.4 Å². The summed E-state index contributed by atoms with van der Waals surface area (Å²) in [5.74, 6) is 0.874. The van der Waals surface area contributed by atoms with Gasteiger partial charge in [0.1, 0.15) is 5.82 Å². The van der Waals surface area contributed by atoms with Crippen LogP contribution in [0.2, 0.25) is 0 Å². The Morgan fingerprint density at radius 2 is 1.96 bits per heavy atom. The predicted octanol–water partition coefficient (Wildman–Crippen LogP) is 1.85. The largest absolute Gasteiger partial charge is 0.326 e. The molecule has 1 aromatic heterocycles. The van der Waals surface area contributed by atoms with Gasteiger partial charge in [0.25, 0.3) is 10.0 Å². The van der Waals surface area contributed by atoms with Crippen molar-refractivity contribution in [2.24, 2.45) is 5.73 Å². The standard InChI is InChI=1S/C16H20N4O2S.ClH/c17-10-12-5-6-14-13(9-12)3-1-8-20(14)23(21,22)16-11-18-15-4-2-7-19(15)16;/h5-6,9,11H,1-4,7-8,10,17H2;1H. The van der Waals surface area contributed by atoms with Crippen LogP contribution in [-0.2, 0) is 36.0 Å². The lowest BCUT2D eigenvalue weighted by atomic mass is 10.0. The fraction of sp³-hybridized carbons (Fsp3) is 0.438. The molecule has 4 rings (SSSR count). The van der Waals surface area contributed by atoms with Crippen molar-refractivity contribution in [3.63, 3.8) is 0 Å². The molecule has 0 aliphatic carbocycles. The lowest BCUT2D eigenvalue weighted by Gasteiger charge is -2.30. The number of nitrogens with two attached hydrogens (primary N) is 1. The molecule has 0 saturated heterocycles. The minimum absolute atomic E-state index is 0. The second-order valence-corrected chi connectivity index (χ2v) is 7.92. The summed E-state index contributed by atoms with van der Waals surface area (Å²) in [6.45, 7) is 1.71. The number of imidazole rings is 1. The molecule has 130 valence electrons. The van der Waals surface area contributed by atoms with Crippen LogP contribution in [0.4, 0.5) is 5.69 Å². The Bertz CT molecular complexity index is 863.